The number of amides is 1. The van der Waals surface area contributed by atoms with E-state index < -0.39 is 17.1 Å². The van der Waals surface area contributed by atoms with Crippen molar-refractivity contribution in [1.29, 1.82) is 0 Å². The third-order valence-corrected chi connectivity index (χ3v) is 2.16. The average molecular weight is 225 g/mol. The van der Waals surface area contributed by atoms with E-state index in [0.29, 0.717) is 12.0 Å². The Labute approximate surface area is 91.3 Å². The number of carbonyl (C=O) groups excluding carboxylic acids is 1. The summed E-state index contributed by atoms with van der Waals surface area (Å²) in [5.41, 5.74) is -0.0158. The van der Waals surface area contributed by atoms with Crippen LogP contribution in [0.5, 0.6) is 0 Å². The lowest BCUT2D eigenvalue weighted by atomic mass is 9.98. The number of hydrogen-bond acceptors (Lipinski definition) is 4. The lowest BCUT2D eigenvalue weighted by molar-refractivity contribution is -0.260. The average Bonchev–Trinajstić information content (AvgIpc) is 2.26. The van der Waals surface area contributed by atoms with Crippen molar-refractivity contribution in [1.82, 2.24) is 5.23 Å². The van der Waals surface area contributed by atoms with Crippen LogP contribution in [0.2, 0.25) is 0 Å². The molecule has 0 atom stereocenters. The molecule has 0 radical (unpaired) electrons. The highest BCUT2D eigenvalue weighted by atomic mass is 16.8. The second-order valence-electron chi connectivity index (χ2n) is 3.09. The molecule has 1 amide bonds. The summed E-state index contributed by atoms with van der Waals surface area (Å²) in [4.78, 5) is 22.3. The molecule has 86 valence electrons. The molecule has 1 rings (SSSR count). The largest absolute Gasteiger partial charge is 0.478 e. The van der Waals surface area contributed by atoms with Crippen molar-refractivity contribution in [3.05, 3.63) is 34.9 Å². The first kappa shape index (κ1) is 12.2. The minimum Gasteiger partial charge on any atom is -0.478 e. The quantitative estimate of drug-likeness (QED) is 0.529. The van der Waals surface area contributed by atoms with Gasteiger partial charge >= 0.3 is 11.9 Å². The van der Waals surface area contributed by atoms with E-state index in [1.54, 1.807) is 13.0 Å². The Kier molecular flexibility index (Phi) is 3.60. The molecule has 0 fully saturated rings. The third kappa shape index (κ3) is 2.18. The van der Waals surface area contributed by atoms with Gasteiger partial charge in [0.15, 0.2) is 0 Å². The highest BCUT2D eigenvalue weighted by Gasteiger charge is 2.22. The molecule has 6 heteroatoms. The van der Waals surface area contributed by atoms with Gasteiger partial charge in [0.2, 0.25) is 0 Å². The number of hydrogen-bond donors (Lipinski definition) is 3. The van der Waals surface area contributed by atoms with Crippen LogP contribution in [-0.4, -0.2) is 32.6 Å². The molecule has 3 N–H and O–H groups in total. The molecule has 0 spiro atoms. The minimum absolute atomic E-state index is 0.206. The smallest absolute Gasteiger partial charge is 0.336 e. The van der Waals surface area contributed by atoms with Crippen molar-refractivity contribution in [2.24, 2.45) is 0 Å². The Morgan fingerprint density at radius 2 is 1.94 bits per heavy atom. The molecule has 0 unspecified atom stereocenters. The fourth-order valence-corrected chi connectivity index (χ4v) is 1.43. The molecule has 6 nitrogen and oxygen atoms in total. The maximum absolute atomic E-state index is 11.4. The van der Waals surface area contributed by atoms with E-state index in [4.69, 9.17) is 15.5 Å². The first-order valence-corrected chi connectivity index (χ1v) is 4.56. The third-order valence-electron chi connectivity index (χ3n) is 2.16. The van der Waals surface area contributed by atoms with E-state index >= 15 is 0 Å². The van der Waals surface area contributed by atoms with Crippen molar-refractivity contribution in [2.75, 3.05) is 0 Å². The Morgan fingerprint density at radius 1 is 1.31 bits per heavy atom. The fourth-order valence-electron chi connectivity index (χ4n) is 1.43. The maximum atomic E-state index is 11.4. The van der Waals surface area contributed by atoms with Crippen LogP contribution in [0.3, 0.4) is 0 Å². The van der Waals surface area contributed by atoms with Gasteiger partial charge in [-0.25, -0.2) is 4.79 Å². The monoisotopic (exact) mass is 225 g/mol. The number of rotatable bonds is 3. The van der Waals surface area contributed by atoms with E-state index in [1.165, 1.54) is 12.1 Å². The number of carboxylic acids is 1. The van der Waals surface area contributed by atoms with E-state index in [-0.39, 0.29) is 11.1 Å². The molecule has 1 aromatic carbocycles. The fraction of sp³-hybridized carbons (Fsp3) is 0.200. The van der Waals surface area contributed by atoms with Crippen LogP contribution >= 0.6 is 0 Å². The standard InChI is InChI=1S/C10H11NO5/c1-2-6-4-3-5-7(10(13)14)8(6)9(12)11(15)16/h3-5,15-16H,2H2,1H3,(H,13,14). The van der Waals surface area contributed by atoms with Crippen LogP contribution in [-0.2, 0) is 6.42 Å². The molecular formula is C10H11NO5. The number of benzene rings is 1. The highest BCUT2D eigenvalue weighted by molar-refractivity contribution is 6.05. The number of hydroxylamine groups is 2. The van der Waals surface area contributed by atoms with Gasteiger partial charge in [-0.2, -0.15) is 0 Å². The summed E-state index contributed by atoms with van der Waals surface area (Å²) in [6.07, 6.45) is 0.413. The van der Waals surface area contributed by atoms with Gasteiger partial charge in [-0.15, -0.1) is 0 Å². The van der Waals surface area contributed by atoms with E-state index in [0.717, 1.165) is 0 Å². The first-order chi connectivity index (χ1) is 7.49. The van der Waals surface area contributed by atoms with Crippen LogP contribution in [0.25, 0.3) is 0 Å². The summed E-state index contributed by atoms with van der Waals surface area (Å²) >= 11 is 0. The van der Waals surface area contributed by atoms with Gasteiger partial charge in [0.25, 0.3) is 0 Å². The maximum Gasteiger partial charge on any atom is 0.336 e. The molecule has 0 aliphatic carbocycles. The van der Waals surface area contributed by atoms with Gasteiger partial charge in [-0.3, -0.25) is 15.2 Å². The van der Waals surface area contributed by atoms with Crippen molar-refractivity contribution in [3.63, 3.8) is 0 Å². The molecule has 1 aromatic rings. The molecular weight excluding hydrogens is 214 g/mol. The summed E-state index contributed by atoms with van der Waals surface area (Å²) in [5.74, 6) is -2.45. The van der Waals surface area contributed by atoms with Gasteiger partial charge in [0.1, 0.15) is 0 Å². The zero-order valence-corrected chi connectivity index (χ0v) is 8.54. The normalized spacial score (nSPS) is 9.94. The first-order valence-electron chi connectivity index (χ1n) is 4.56. The van der Waals surface area contributed by atoms with Crippen LogP contribution < -0.4 is 0 Å². The van der Waals surface area contributed by atoms with Crippen LogP contribution in [0.4, 0.5) is 0 Å². The zero-order chi connectivity index (χ0) is 12.3. The van der Waals surface area contributed by atoms with Gasteiger partial charge < -0.3 is 5.11 Å². The minimum atomic E-state index is -1.29. The van der Waals surface area contributed by atoms with E-state index in [9.17, 15) is 9.59 Å². The second-order valence-corrected chi connectivity index (χ2v) is 3.09. The summed E-state index contributed by atoms with van der Waals surface area (Å²) in [7, 11) is 0. The van der Waals surface area contributed by atoms with Gasteiger partial charge in [0.05, 0.1) is 11.1 Å². The summed E-state index contributed by atoms with van der Waals surface area (Å²) in [5, 5.41) is 25.6. The number of aromatic carboxylic acids is 1. The Bertz CT molecular complexity index is 427. The second kappa shape index (κ2) is 4.73. The lowest BCUT2D eigenvalue weighted by Crippen LogP contribution is -2.26. The molecule has 0 bridgehead atoms. The van der Waals surface area contributed by atoms with E-state index in [2.05, 4.69) is 0 Å². The molecule has 0 aliphatic rings. The van der Waals surface area contributed by atoms with Crippen molar-refractivity contribution < 1.29 is 25.1 Å². The molecule has 0 saturated heterocycles. The zero-order valence-electron chi connectivity index (χ0n) is 8.54. The van der Waals surface area contributed by atoms with Gasteiger partial charge in [-0.05, 0) is 18.1 Å². The molecule has 0 aliphatic heterocycles. The SMILES string of the molecule is CCc1cccc(C(=O)O)c1C(=O)N(O)O. The number of carboxylic acid groups (broad SMARTS) is 1. The van der Waals surface area contributed by atoms with Gasteiger partial charge in [-0.1, -0.05) is 24.3 Å². The number of nitrogens with zero attached hydrogens (tertiary/aromatic N) is 1. The van der Waals surface area contributed by atoms with Crippen LogP contribution in [0, 0.1) is 0 Å². The molecule has 0 aromatic heterocycles. The predicted octanol–water partition coefficient (Wildman–Crippen LogP) is 1.17. The lowest BCUT2D eigenvalue weighted by Gasteiger charge is -2.12. The van der Waals surface area contributed by atoms with Gasteiger partial charge in [0, 0.05) is 0 Å². The highest BCUT2D eigenvalue weighted by Crippen LogP contribution is 2.17. The Balaban J connectivity index is 3.42. The predicted molar refractivity (Wildman–Crippen MR) is 52.5 cm³/mol. The van der Waals surface area contributed by atoms with Crippen LogP contribution in [0.1, 0.15) is 33.2 Å². The summed E-state index contributed by atoms with van der Waals surface area (Å²) in [6.45, 7) is 1.73. The Hall–Kier alpha value is -1.92. The number of carbonyl (C=O) groups is 2. The number of aryl methyl sites for hydroxylation is 1. The van der Waals surface area contributed by atoms with Crippen molar-refractivity contribution in [3.8, 4) is 0 Å². The van der Waals surface area contributed by atoms with Crippen molar-refractivity contribution in [2.45, 2.75) is 13.3 Å². The molecule has 0 saturated carbocycles. The Morgan fingerprint density at radius 3 is 2.38 bits per heavy atom. The van der Waals surface area contributed by atoms with Crippen molar-refractivity contribution >= 4 is 11.9 Å². The topological polar surface area (TPSA) is 98.1 Å². The summed E-state index contributed by atoms with van der Waals surface area (Å²) < 4.78 is 0. The molecule has 0 heterocycles. The summed E-state index contributed by atoms with van der Waals surface area (Å²) in [6, 6.07) is 4.29. The van der Waals surface area contributed by atoms with Crippen LogP contribution in [0.15, 0.2) is 18.2 Å². The van der Waals surface area contributed by atoms with E-state index in [1.807, 2.05) is 0 Å². The molecule has 16 heavy (non-hydrogen) atoms.